The molecule has 0 saturated heterocycles. The second-order valence-electron chi connectivity index (χ2n) is 10.3. The largest absolute Gasteiger partial charge is 0.462 e. The average molecular weight is 536 g/mol. The fourth-order valence-electron chi connectivity index (χ4n) is 4.50. The van der Waals surface area contributed by atoms with E-state index < -0.39 is 6.10 Å². The summed E-state index contributed by atoms with van der Waals surface area (Å²) >= 11 is 1.74. The van der Waals surface area contributed by atoms with Crippen molar-refractivity contribution >= 4 is 17.7 Å². The van der Waals surface area contributed by atoms with Crippen LogP contribution < -0.4 is 5.32 Å². The zero-order valence-electron chi connectivity index (χ0n) is 23.4. The number of hydrogen-bond acceptors (Lipinski definition) is 6. The number of ether oxygens (including phenoxy) is 2. The van der Waals surface area contributed by atoms with Crippen molar-refractivity contribution in [3.8, 4) is 11.1 Å². The third-order valence-electron chi connectivity index (χ3n) is 6.59. The van der Waals surface area contributed by atoms with Crippen LogP contribution in [-0.4, -0.2) is 48.7 Å². The minimum atomic E-state index is -0.631. The summed E-state index contributed by atoms with van der Waals surface area (Å²) in [6, 6.07) is 22.5. The van der Waals surface area contributed by atoms with E-state index in [1.807, 2.05) is 50.2 Å². The molecule has 6 heteroatoms. The van der Waals surface area contributed by atoms with Gasteiger partial charge in [-0.15, -0.1) is 11.8 Å². The summed E-state index contributed by atoms with van der Waals surface area (Å²) in [6.45, 7) is 11.0. The molecule has 0 radical (unpaired) electrons. The number of aryl methyl sites for hydroxylation is 1. The van der Waals surface area contributed by atoms with Crippen LogP contribution in [0.2, 0.25) is 0 Å². The average Bonchev–Trinajstić information content (AvgIpc) is 2.91. The Balaban J connectivity index is 1.58. The molecule has 3 aromatic rings. The zero-order chi connectivity index (χ0) is 27.7. The van der Waals surface area contributed by atoms with Gasteiger partial charge in [0.25, 0.3) is 0 Å². The molecular formula is C32H41NO4S. The SMILES string of the molecule is CCOC(=O)c1ccc(-c2ccccc2[C@@H](C)OC[C@H](O)CNC(C)(C)Cc2ccc(SC)cc2)cc1C. The molecule has 5 nitrogen and oxygen atoms in total. The molecule has 204 valence electrons. The molecule has 0 bridgehead atoms. The maximum absolute atomic E-state index is 12.2. The van der Waals surface area contributed by atoms with Crippen LogP contribution in [0.5, 0.6) is 0 Å². The lowest BCUT2D eigenvalue weighted by Gasteiger charge is -2.28. The second-order valence-corrected chi connectivity index (χ2v) is 11.1. The number of esters is 1. The summed E-state index contributed by atoms with van der Waals surface area (Å²) in [5.41, 5.74) is 5.64. The summed E-state index contributed by atoms with van der Waals surface area (Å²) in [5, 5.41) is 14.2. The van der Waals surface area contributed by atoms with E-state index in [2.05, 4.69) is 55.8 Å². The Kier molecular flexibility index (Phi) is 11.0. The van der Waals surface area contributed by atoms with Crippen LogP contribution in [0.3, 0.4) is 0 Å². The highest BCUT2D eigenvalue weighted by Gasteiger charge is 2.21. The van der Waals surface area contributed by atoms with E-state index in [-0.39, 0.29) is 24.2 Å². The summed E-state index contributed by atoms with van der Waals surface area (Å²) in [6.07, 6.45) is 2.10. The van der Waals surface area contributed by atoms with Crippen LogP contribution >= 0.6 is 11.8 Å². The van der Waals surface area contributed by atoms with Crippen molar-refractivity contribution in [3.63, 3.8) is 0 Å². The Morgan fingerprint density at radius 2 is 1.79 bits per heavy atom. The fourth-order valence-corrected chi connectivity index (χ4v) is 4.91. The number of nitrogens with one attached hydrogen (secondary N) is 1. The molecule has 0 aliphatic carbocycles. The molecule has 0 aliphatic heterocycles. The minimum absolute atomic E-state index is 0.159. The Labute approximate surface area is 232 Å². The van der Waals surface area contributed by atoms with E-state index >= 15 is 0 Å². The lowest BCUT2D eigenvalue weighted by atomic mass is 9.94. The number of carbonyl (C=O) groups is 1. The standard InChI is InChI=1S/C32H41NO4S/c1-7-36-31(35)28-17-14-25(18-22(28)2)30-11-9-8-10-29(30)23(3)37-21-26(34)20-33-32(4,5)19-24-12-15-27(38-6)16-13-24/h8-18,23,26,33-34H,7,19-21H2,1-6H3/t23-,26-/m1/s1. The van der Waals surface area contributed by atoms with Crippen molar-refractivity contribution in [1.82, 2.24) is 5.32 Å². The predicted molar refractivity (Wildman–Crippen MR) is 157 cm³/mol. The van der Waals surface area contributed by atoms with Gasteiger partial charge in [0, 0.05) is 17.0 Å². The molecule has 2 atom stereocenters. The fraction of sp³-hybridized carbons (Fsp3) is 0.406. The van der Waals surface area contributed by atoms with Crippen LogP contribution in [-0.2, 0) is 15.9 Å². The van der Waals surface area contributed by atoms with Crippen molar-refractivity contribution in [1.29, 1.82) is 0 Å². The van der Waals surface area contributed by atoms with Crippen LogP contribution in [0.15, 0.2) is 71.6 Å². The Hall–Kier alpha value is -2.64. The van der Waals surface area contributed by atoms with Crippen molar-refractivity contribution in [2.75, 3.05) is 26.0 Å². The Bertz CT molecular complexity index is 1190. The lowest BCUT2D eigenvalue weighted by molar-refractivity contribution is -0.00397. The number of aliphatic hydroxyl groups is 1. The molecule has 0 spiro atoms. The van der Waals surface area contributed by atoms with E-state index in [0.717, 1.165) is 28.7 Å². The Morgan fingerprint density at radius 1 is 1.08 bits per heavy atom. The summed E-state index contributed by atoms with van der Waals surface area (Å²) < 4.78 is 11.3. The van der Waals surface area contributed by atoms with Gasteiger partial charge in [0.05, 0.1) is 31.0 Å². The van der Waals surface area contributed by atoms with Gasteiger partial charge in [-0.05, 0) is 93.3 Å². The van der Waals surface area contributed by atoms with Gasteiger partial charge in [0.1, 0.15) is 0 Å². The molecule has 3 aromatic carbocycles. The van der Waals surface area contributed by atoms with Crippen molar-refractivity contribution in [3.05, 3.63) is 89.0 Å². The third-order valence-corrected chi connectivity index (χ3v) is 7.34. The molecule has 0 aromatic heterocycles. The highest BCUT2D eigenvalue weighted by Crippen LogP contribution is 2.31. The smallest absolute Gasteiger partial charge is 0.338 e. The second kappa shape index (κ2) is 13.9. The van der Waals surface area contributed by atoms with Crippen LogP contribution in [0, 0.1) is 6.92 Å². The van der Waals surface area contributed by atoms with Gasteiger partial charge in [0.15, 0.2) is 0 Å². The minimum Gasteiger partial charge on any atom is -0.462 e. The predicted octanol–water partition coefficient (Wildman–Crippen LogP) is 6.61. The first-order valence-corrected chi connectivity index (χ1v) is 14.4. The quantitative estimate of drug-likeness (QED) is 0.190. The lowest BCUT2D eigenvalue weighted by Crippen LogP contribution is -2.46. The van der Waals surface area contributed by atoms with E-state index in [9.17, 15) is 9.90 Å². The monoisotopic (exact) mass is 535 g/mol. The summed E-state index contributed by atoms with van der Waals surface area (Å²) in [5.74, 6) is -0.305. The normalized spacial score (nSPS) is 13.2. The maximum Gasteiger partial charge on any atom is 0.338 e. The molecular weight excluding hydrogens is 494 g/mol. The van der Waals surface area contributed by atoms with Gasteiger partial charge >= 0.3 is 5.97 Å². The van der Waals surface area contributed by atoms with Crippen LogP contribution in [0.25, 0.3) is 11.1 Å². The highest BCUT2D eigenvalue weighted by molar-refractivity contribution is 7.98. The van der Waals surface area contributed by atoms with Crippen molar-refractivity contribution < 1.29 is 19.4 Å². The maximum atomic E-state index is 12.2. The van der Waals surface area contributed by atoms with Crippen LogP contribution in [0.4, 0.5) is 0 Å². The first kappa shape index (κ1) is 29.9. The first-order chi connectivity index (χ1) is 18.1. The summed E-state index contributed by atoms with van der Waals surface area (Å²) in [4.78, 5) is 13.5. The number of thioether (sulfide) groups is 1. The molecule has 0 amide bonds. The van der Waals surface area contributed by atoms with Crippen LogP contribution in [0.1, 0.15) is 60.8 Å². The summed E-state index contributed by atoms with van der Waals surface area (Å²) in [7, 11) is 0. The molecule has 0 fully saturated rings. The number of aliphatic hydroxyl groups excluding tert-OH is 1. The number of carbonyl (C=O) groups excluding carboxylic acids is 1. The number of hydrogen-bond donors (Lipinski definition) is 2. The number of benzene rings is 3. The van der Waals surface area contributed by atoms with E-state index in [4.69, 9.17) is 9.47 Å². The van der Waals surface area contributed by atoms with Crippen molar-refractivity contribution in [2.24, 2.45) is 0 Å². The topological polar surface area (TPSA) is 67.8 Å². The molecule has 0 unspecified atom stereocenters. The molecule has 2 N–H and O–H groups in total. The van der Waals surface area contributed by atoms with E-state index in [1.54, 1.807) is 18.7 Å². The molecule has 0 heterocycles. The highest BCUT2D eigenvalue weighted by atomic mass is 32.2. The van der Waals surface area contributed by atoms with E-state index in [0.29, 0.717) is 18.7 Å². The number of rotatable bonds is 13. The first-order valence-electron chi connectivity index (χ1n) is 13.2. The molecule has 38 heavy (non-hydrogen) atoms. The van der Waals surface area contributed by atoms with Gasteiger partial charge in [0.2, 0.25) is 0 Å². The molecule has 0 saturated carbocycles. The van der Waals surface area contributed by atoms with Gasteiger partial charge in [-0.2, -0.15) is 0 Å². The zero-order valence-corrected chi connectivity index (χ0v) is 24.2. The molecule has 0 aliphatic rings. The van der Waals surface area contributed by atoms with Gasteiger partial charge in [-0.1, -0.05) is 48.5 Å². The van der Waals surface area contributed by atoms with Gasteiger partial charge < -0.3 is 19.9 Å². The van der Waals surface area contributed by atoms with Gasteiger partial charge in [-0.25, -0.2) is 4.79 Å². The third kappa shape index (κ3) is 8.43. The molecule has 3 rings (SSSR count). The van der Waals surface area contributed by atoms with E-state index in [1.165, 1.54) is 10.5 Å². The number of β-amino-alcohol motifs (C(OH)–C–C–N with tert-alkyl or cyclic N) is 1. The van der Waals surface area contributed by atoms with Gasteiger partial charge in [-0.3, -0.25) is 0 Å². The van der Waals surface area contributed by atoms with Crippen molar-refractivity contribution in [2.45, 2.75) is 63.7 Å². The Morgan fingerprint density at radius 3 is 2.45 bits per heavy atom.